The van der Waals surface area contributed by atoms with Crippen molar-refractivity contribution >= 4 is 34.5 Å². The number of aromatic nitrogens is 2. The molecular weight excluding hydrogens is 366 g/mol. The number of nitrogens with one attached hydrogen (secondary N) is 2. The molecule has 0 radical (unpaired) electrons. The van der Waals surface area contributed by atoms with Crippen molar-refractivity contribution in [3.05, 3.63) is 53.0 Å². The highest BCUT2D eigenvalue weighted by atomic mass is 32.2. The number of amides is 1. The largest absolute Gasteiger partial charge is 0.480 e. The molecule has 0 saturated heterocycles. The van der Waals surface area contributed by atoms with E-state index in [4.69, 9.17) is 4.52 Å². The smallest absolute Gasteiger partial charge is 0.326 e. The summed E-state index contributed by atoms with van der Waals surface area (Å²) < 4.78 is 5.10. The van der Waals surface area contributed by atoms with Crippen LogP contribution in [0.1, 0.15) is 22.6 Å². The monoisotopic (exact) mass is 387 g/mol. The molecule has 0 aliphatic rings. The third kappa shape index (κ3) is 4.51. The lowest BCUT2D eigenvalue weighted by Gasteiger charge is -2.14. The summed E-state index contributed by atoms with van der Waals surface area (Å²) in [4.78, 5) is 26.9. The molecule has 142 valence electrons. The maximum atomic E-state index is 12.2. The number of carbonyl (C=O) groups is 2. The number of carboxylic acid groups (broad SMARTS) is 1. The van der Waals surface area contributed by atoms with E-state index in [1.54, 1.807) is 6.20 Å². The highest BCUT2D eigenvalue weighted by Gasteiger charge is 2.22. The Labute approximate surface area is 160 Å². The first-order valence-corrected chi connectivity index (χ1v) is 9.68. The van der Waals surface area contributed by atoms with E-state index in [1.807, 2.05) is 38.1 Å². The fourth-order valence-corrected chi connectivity index (χ4v) is 3.90. The predicted molar refractivity (Wildman–Crippen MR) is 104 cm³/mol. The van der Waals surface area contributed by atoms with Gasteiger partial charge in [-0.1, -0.05) is 23.4 Å². The lowest BCUT2D eigenvalue weighted by atomic mass is 10.1. The van der Waals surface area contributed by atoms with Crippen LogP contribution < -0.4 is 5.32 Å². The van der Waals surface area contributed by atoms with Crippen LogP contribution in [0.15, 0.2) is 35.0 Å². The normalized spacial score (nSPS) is 12.2. The number of thioether (sulfide) groups is 1. The van der Waals surface area contributed by atoms with Crippen molar-refractivity contribution in [3.8, 4) is 0 Å². The van der Waals surface area contributed by atoms with Crippen LogP contribution in [0, 0.1) is 13.8 Å². The van der Waals surface area contributed by atoms with Crippen molar-refractivity contribution in [1.82, 2.24) is 15.5 Å². The second kappa shape index (κ2) is 8.30. The topological polar surface area (TPSA) is 108 Å². The van der Waals surface area contributed by atoms with E-state index in [9.17, 15) is 14.7 Å². The fourth-order valence-electron chi connectivity index (χ4n) is 2.91. The number of hydrogen-bond donors (Lipinski definition) is 3. The van der Waals surface area contributed by atoms with Gasteiger partial charge in [-0.15, -0.1) is 11.8 Å². The zero-order valence-electron chi connectivity index (χ0n) is 15.1. The van der Waals surface area contributed by atoms with Crippen LogP contribution in [0.4, 0.5) is 0 Å². The van der Waals surface area contributed by atoms with Crippen LogP contribution in [0.5, 0.6) is 0 Å². The van der Waals surface area contributed by atoms with Gasteiger partial charge in [-0.2, -0.15) is 0 Å². The zero-order valence-corrected chi connectivity index (χ0v) is 15.9. The Balaban J connectivity index is 1.57. The minimum atomic E-state index is -1.05. The number of fused-ring (bicyclic) bond motifs is 1. The second-order valence-corrected chi connectivity index (χ2v) is 7.30. The Kier molecular flexibility index (Phi) is 5.85. The third-order valence-corrected chi connectivity index (χ3v) is 5.35. The number of hydrogen-bond acceptors (Lipinski definition) is 5. The molecule has 3 aromatic rings. The Morgan fingerprint density at radius 3 is 2.81 bits per heavy atom. The molecule has 27 heavy (non-hydrogen) atoms. The molecule has 0 aliphatic heterocycles. The van der Waals surface area contributed by atoms with Gasteiger partial charge in [0.1, 0.15) is 11.8 Å². The quantitative estimate of drug-likeness (QED) is 0.548. The van der Waals surface area contributed by atoms with Crippen LogP contribution in [0.2, 0.25) is 0 Å². The minimum absolute atomic E-state index is 0.168. The molecule has 7 nitrogen and oxygen atoms in total. The van der Waals surface area contributed by atoms with E-state index < -0.39 is 12.0 Å². The van der Waals surface area contributed by atoms with Crippen molar-refractivity contribution in [2.45, 2.75) is 32.1 Å². The van der Waals surface area contributed by atoms with Crippen molar-refractivity contribution < 1.29 is 19.2 Å². The Morgan fingerprint density at radius 1 is 1.33 bits per heavy atom. The van der Waals surface area contributed by atoms with Gasteiger partial charge in [-0.3, -0.25) is 4.79 Å². The van der Waals surface area contributed by atoms with E-state index in [0.29, 0.717) is 5.75 Å². The molecule has 1 atom stereocenters. The number of H-pyrrole nitrogens is 1. The number of aromatic amines is 1. The van der Waals surface area contributed by atoms with Gasteiger partial charge in [0.25, 0.3) is 0 Å². The molecule has 3 rings (SSSR count). The van der Waals surface area contributed by atoms with Crippen molar-refractivity contribution in [2.24, 2.45) is 0 Å². The van der Waals surface area contributed by atoms with Crippen LogP contribution >= 0.6 is 11.8 Å². The fraction of sp³-hybridized carbons (Fsp3) is 0.316. The predicted octanol–water partition coefficient (Wildman–Crippen LogP) is 2.82. The van der Waals surface area contributed by atoms with E-state index in [2.05, 4.69) is 15.5 Å². The highest BCUT2D eigenvalue weighted by Crippen LogP contribution is 2.20. The average Bonchev–Trinajstić information content (AvgIpc) is 3.19. The summed E-state index contributed by atoms with van der Waals surface area (Å²) in [7, 11) is 0. The molecular formula is C19H21N3O4S. The lowest BCUT2D eigenvalue weighted by molar-refractivity contribution is -0.141. The van der Waals surface area contributed by atoms with E-state index in [1.165, 1.54) is 11.8 Å². The van der Waals surface area contributed by atoms with Crippen molar-refractivity contribution in [1.29, 1.82) is 0 Å². The third-order valence-electron chi connectivity index (χ3n) is 4.39. The maximum Gasteiger partial charge on any atom is 0.326 e. The first kappa shape index (κ1) is 19.0. The standard InChI is InChI=1S/C19H21N3O4S/c1-11-15(12(2)26-22-11)9-27-10-18(23)21-17(19(24)25)7-13-8-20-16-6-4-3-5-14(13)16/h3-6,8,17,20H,7,9-10H2,1-2H3,(H,21,23)(H,24,25). The van der Waals surface area contributed by atoms with Gasteiger partial charge >= 0.3 is 5.97 Å². The van der Waals surface area contributed by atoms with Gasteiger partial charge in [0, 0.05) is 34.8 Å². The van der Waals surface area contributed by atoms with Gasteiger partial charge in [0.05, 0.1) is 11.4 Å². The molecule has 0 bridgehead atoms. The Bertz CT molecular complexity index is 943. The van der Waals surface area contributed by atoms with Gasteiger partial charge in [0.15, 0.2) is 0 Å². The molecule has 0 aliphatic carbocycles. The number of aliphatic carboxylic acids is 1. The van der Waals surface area contributed by atoms with Crippen molar-refractivity contribution in [2.75, 3.05) is 5.75 Å². The first-order chi connectivity index (χ1) is 13.0. The number of carboxylic acids is 1. The van der Waals surface area contributed by atoms with E-state index >= 15 is 0 Å². The summed E-state index contributed by atoms with van der Waals surface area (Å²) in [5.74, 6) is 0.141. The number of rotatable bonds is 8. The molecule has 0 spiro atoms. The minimum Gasteiger partial charge on any atom is -0.480 e. The molecule has 3 N–H and O–H groups in total. The molecule has 1 amide bonds. The molecule has 8 heteroatoms. The molecule has 0 fully saturated rings. The SMILES string of the molecule is Cc1noc(C)c1CSCC(=O)NC(Cc1c[nH]c2ccccc12)C(=O)O. The zero-order chi connectivity index (χ0) is 19.4. The average molecular weight is 387 g/mol. The summed E-state index contributed by atoms with van der Waals surface area (Å²) in [6.07, 6.45) is 2.01. The lowest BCUT2D eigenvalue weighted by Crippen LogP contribution is -2.43. The second-order valence-electron chi connectivity index (χ2n) is 6.32. The summed E-state index contributed by atoms with van der Waals surface area (Å²) in [6, 6.07) is 6.70. The molecule has 1 aromatic carbocycles. The van der Waals surface area contributed by atoms with E-state index in [-0.39, 0.29) is 18.1 Å². The Hall–Kier alpha value is -2.74. The highest BCUT2D eigenvalue weighted by molar-refractivity contribution is 7.99. The number of benzene rings is 1. The summed E-state index contributed by atoms with van der Waals surface area (Å²) in [6.45, 7) is 3.69. The molecule has 0 saturated carbocycles. The first-order valence-electron chi connectivity index (χ1n) is 8.52. The van der Waals surface area contributed by atoms with Gasteiger partial charge in [0.2, 0.25) is 5.91 Å². The summed E-state index contributed by atoms with van der Waals surface area (Å²) in [5.41, 5.74) is 3.59. The summed E-state index contributed by atoms with van der Waals surface area (Å²) >= 11 is 1.40. The Morgan fingerprint density at radius 2 is 2.11 bits per heavy atom. The van der Waals surface area contributed by atoms with Crippen LogP contribution in [-0.2, 0) is 21.8 Å². The number of nitrogens with zero attached hydrogens (tertiary/aromatic N) is 1. The van der Waals surface area contributed by atoms with Crippen molar-refractivity contribution in [3.63, 3.8) is 0 Å². The number of para-hydroxylation sites is 1. The van der Waals surface area contributed by atoms with Gasteiger partial charge in [-0.25, -0.2) is 4.79 Å². The van der Waals surface area contributed by atoms with Gasteiger partial charge in [-0.05, 0) is 25.5 Å². The van der Waals surface area contributed by atoms with Crippen LogP contribution in [-0.4, -0.2) is 38.9 Å². The van der Waals surface area contributed by atoms with Gasteiger partial charge < -0.3 is 19.9 Å². The maximum absolute atomic E-state index is 12.2. The molecule has 2 heterocycles. The number of carbonyl (C=O) groups excluding carboxylic acids is 1. The summed E-state index contributed by atoms with van der Waals surface area (Å²) in [5, 5.41) is 17.0. The molecule has 2 aromatic heterocycles. The number of aryl methyl sites for hydroxylation is 2. The van der Waals surface area contributed by atoms with Crippen LogP contribution in [0.25, 0.3) is 10.9 Å². The van der Waals surface area contributed by atoms with Crippen LogP contribution in [0.3, 0.4) is 0 Å². The van der Waals surface area contributed by atoms with E-state index in [0.717, 1.165) is 33.5 Å². The molecule has 1 unspecified atom stereocenters.